The third kappa shape index (κ3) is 5.34. The molecule has 0 atom stereocenters. The molecule has 0 amide bonds. The van der Waals surface area contributed by atoms with Gasteiger partial charge in [-0.25, -0.2) is 4.85 Å². The van der Waals surface area contributed by atoms with Crippen LogP contribution in [0.2, 0.25) is 0 Å². The van der Waals surface area contributed by atoms with E-state index >= 15 is 0 Å². The highest BCUT2D eigenvalue weighted by Gasteiger charge is 2.22. The van der Waals surface area contributed by atoms with Gasteiger partial charge in [-0.05, 0) is 99.8 Å². The summed E-state index contributed by atoms with van der Waals surface area (Å²) >= 11 is 0. The summed E-state index contributed by atoms with van der Waals surface area (Å²) in [6.45, 7) is 8.15. The standard InChI is InChI=1S/C59H35N3O/c1-60-42-31-41-32-45(36-52-49-24-14-23-48-47-21-11-12-26-54(47)62(57(48)49)55(35-42)56(41)52)61(43-19-9-4-10-20-43)44-29-27-39(28-30-44)46-22-13-25-50-53-34-40(37-15-5-2-6-16-37)33-51(59(53)63-58(46)50)38-17-7-3-8-18-38/h2-36H. The van der Waals surface area contributed by atoms with Crippen molar-refractivity contribution in [2.24, 2.45) is 0 Å². The molecule has 292 valence electrons. The molecule has 63 heavy (non-hydrogen) atoms. The molecule has 0 radical (unpaired) electrons. The number of pyridine rings is 1. The molecule has 0 aliphatic rings. The molecular formula is C59H35N3O. The molecule has 13 aromatic rings. The van der Waals surface area contributed by atoms with Crippen molar-refractivity contribution in [3.63, 3.8) is 0 Å². The van der Waals surface area contributed by atoms with Gasteiger partial charge < -0.3 is 13.7 Å². The van der Waals surface area contributed by atoms with Crippen LogP contribution >= 0.6 is 0 Å². The van der Waals surface area contributed by atoms with Crippen LogP contribution in [0.5, 0.6) is 0 Å². The summed E-state index contributed by atoms with van der Waals surface area (Å²) in [6.07, 6.45) is 0. The molecule has 0 saturated heterocycles. The molecule has 0 saturated carbocycles. The number of aromatic nitrogens is 1. The first-order chi connectivity index (χ1) is 31.2. The van der Waals surface area contributed by atoms with E-state index in [4.69, 9.17) is 11.0 Å². The first-order valence-electron chi connectivity index (χ1n) is 21.3. The van der Waals surface area contributed by atoms with Crippen LogP contribution < -0.4 is 4.90 Å². The van der Waals surface area contributed by atoms with Gasteiger partial charge in [0, 0.05) is 66.0 Å². The largest absolute Gasteiger partial charge is 0.455 e. The van der Waals surface area contributed by atoms with Crippen LogP contribution in [0, 0.1) is 6.57 Å². The highest BCUT2D eigenvalue weighted by molar-refractivity contribution is 6.28. The summed E-state index contributed by atoms with van der Waals surface area (Å²) in [4.78, 5) is 6.31. The second-order valence-electron chi connectivity index (χ2n) is 16.4. The lowest BCUT2D eigenvalue weighted by Crippen LogP contribution is -2.10. The quantitative estimate of drug-likeness (QED) is 0.0951. The van der Waals surface area contributed by atoms with Crippen molar-refractivity contribution >= 4 is 93.6 Å². The Hall–Kier alpha value is -8.65. The van der Waals surface area contributed by atoms with Crippen LogP contribution in [0.1, 0.15) is 0 Å². The van der Waals surface area contributed by atoms with Gasteiger partial charge in [-0.15, -0.1) is 0 Å². The Balaban J connectivity index is 0.995. The smallest absolute Gasteiger partial charge is 0.189 e. The number of fused-ring (bicyclic) bond motifs is 8. The summed E-state index contributed by atoms with van der Waals surface area (Å²) in [5.41, 5.74) is 15.5. The van der Waals surface area contributed by atoms with Crippen LogP contribution in [-0.4, -0.2) is 4.40 Å². The minimum absolute atomic E-state index is 0.619. The molecule has 13 rings (SSSR count). The van der Waals surface area contributed by atoms with Gasteiger partial charge in [-0.3, -0.25) is 0 Å². The van der Waals surface area contributed by atoms with E-state index in [-0.39, 0.29) is 0 Å². The number of furan rings is 1. The fraction of sp³-hybridized carbons (Fsp3) is 0. The molecule has 3 aromatic heterocycles. The van der Waals surface area contributed by atoms with Crippen LogP contribution in [0.3, 0.4) is 0 Å². The van der Waals surface area contributed by atoms with Crippen LogP contribution in [0.4, 0.5) is 22.7 Å². The van der Waals surface area contributed by atoms with E-state index < -0.39 is 0 Å². The zero-order valence-corrected chi connectivity index (χ0v) is 34.0. The Morgan fingerprint density at radius 2 is 1.02 bits per heavy atom. The topological polar surface area (TPSA) is 25.2 Å². The maximum absolute atomic E-state index is 8.15. The third-order valence-electron chi connectivity index (χ3n) is 12.9. The van der Waals surface area contributed by atoms with Crippen LogP contribution in [-0.2, 0) is 0 Å². The second kappa shape index (κ2) is 13.7. The number of hydrogen-bond donors (Lipinski definition) is 0. The van der Waals surface area contributed by atoms with Gasteiger partial charge in [-0.2, -0.15) is 0 Å². The number of nitrogens with zero attached hydrogens (tertiary/aromatic N) is 3. The zero-order valence-electron chi connectivity index (χ0n) is 34.0. The lowest BCUT2D eigenvalue weighted by atomic mass is 9.95. The van der Waals surface area contributed by atoms with Gasteiger partial charge in [-0.1, -0.05) is 146 Å². The van der Waals surface area contributed by atoms with E-state index in [9.17, 15) is 0 Å². The molecule has 0 aliphatic carbocycles. The third-order valence-corrected chi connectivity index (χ3v) is 12.9. The lowest BCUT2D eigenvalue weighted by molar-refractivity contribution is 0.671. The van der Waals surface area contributed by atoms with Crippen molar-refractivity contribution in [1.29, 1.82) is 0 Å². The minimum Gasteiger partial charge on any atom is -0.455 e. The Bertz CT molecular complexity index is 3950. The molecule has 0 unspecified atom stereocenters. The molecule has 0 fully saturated rings. The van der Waals surface area contributed by atoms with Crippen molar-refractivity contribution < 1.29 is 4.42 Å². The van der Waals surface area contributed by atoms with E-state index in [0.717, 1.165) is 94.0 Å². The monoisotopic (exact) mass is 801 g/mol. The Kier molecular flexibility index (Phi) is 7.63. The predicted molar refractivity (Wildman–Crippen MR) is 263 cm³/mol. The van der Waals surface area contributed by atoms with Crippen LogP contribution in [0.15, 0.2) is 217 Å². The molecule has 4 nitrogen and oxygen atoms in total. The number of para-hydroxylation sites is 4. The summed E-state index contributed by atoms with van der Waals surface area (Å²) in [6, 6.07) is 75.4. The SMILES string of the molecule is [C-]#[N+]c1cc2cc(N(c3ccccc3)c3ccc(-c4cccc5c4oc4c(-c6ccccc6)cc(-c6ccccc6)cc45)cc3)cc3c4cccc5c6ccccc6n(c(c1)c23)c45. The summed E-state index contributed by atoms with van der Waals surface area (Å²) < 4.78 is 9.33. The van der Waals surface area contributed by atoms with Gasteiger partial charge in [0.05, 0.1) is 17.6 Å². The van der Waals surface area contributed by atoms with Crippen molar-refractivity contribution in [2.75, 3.05) is 4.90 Å². The van der Waals surface area contributed by atoms with E-state index in [1.165, 1.54) is 27.2 Å². The highest BCUT2D eigenvalue weighted by Crippen LogP contribution is 2.47. The van der Waals surface area contributed by atoms with Gasteiger partial charge in [0.1, 0.15) is 11.2 Å². The first kappa shape index (κ1) is 35.1. The number of rotatable bonds is 6. The van der Waals surface area contributed by atoms with E-state index in [1.807, 2.05) is 6.07 Å². The predicted octanol–water partition coefficient (Wildman–Crippen LogP) is 16.9. The van der Waals surface area contributed by atoms with Gasteiger partial charge in [0.25, 0.3) is 0 Å². The lowest BCUT2D eigenvalue weighted by Gasteiger charge is -2.27. The van der Waals surface area contributed by atoms with Gasteiger partial charge in [0.15, 0.2) is 5.69 Å². The normalized spacial score (nSPS) is 11.8. The van der Waals surface area contributed by atoms with E-state index in [0.29, 0.717) is 5.69 Å². The number of hydrogen-bond acceptors (Lipinski definition) is 2. The Labute approximate surface area is 362 Å². The van der Waals surface area contributed by atoms with Crippen molar-refractivity contribution in [3.8, 4) is 33.4 Å². The maximum atomic E-state index is 8.15. The Morgan fingerprint density at radius 1 is 0.397 bits per heavy atom. The second-order valence-corrected chi connectivity index (χ2v) is 16.4. The van der Waals surface area contributed by atoms with Crippen molar-refractivity contribution in [2.45, 2.75) is 0 Å². The van der Waals surface area contributed by atoms with E-state index in [1.54, 1.807) is 0 Å². The molecule has 0 N–H and O–H groups in total. The van der Waals surface area contributed by atoms with Crippen molar-refractivity contribution in [3.05, 3.63) is 224 Å². The summed E-state index contributed by atoms with van der Waals surface area (Å²) in [5.74, 6) is 0. The van der Waals surface area contributed by atoms with Gasteiger partial charge >= 0.3 is 0 Å². The van der Waals surface area contributed by atoms with Gasteiger partial charge in [0.2, 0.25) is 0 Å². The number of benzene rings is 10. The average Bonchev–Trinajstić information content (AvgIpc) is 3.90. The van der Waals surface area contributed by atoms with E-state index in [2.05, 4.69) is 220 Å². The summed E-state index contributed by atoms with van der Waals surface area (Å²) in [5, 5.41) is 9.14. The molecule has 4 heteroatoms. The molecule has 0 spiro atoms. The highest BCUT2D eigenvalue weighted by atomic mass is 16.3. The summed E-state index contributed by atoms with van der Waals surface area (Å²) in [7, 11) is 0. The fourth-order valence-electron chi connectivity index (χ4n) is 10.1. The zero-order chi connectivity index (χ0) is 41.6. The fourth-order valence-corrected chi connectivity index (χ4v) is 10.1. The first-order valence-corrected chi connectivity index (χ1v) is 21.3. The van der Waals surface area contributed by atoms with Crippen molar-refractivity contribution in [1.82, 2.24) is 4.40 Å². The number of anilines is 3. The molecule has 0 bridgehead atoms. The molecule has 10 aromatic carbocycles. The molecule has 3 heterocycles. The average molecular weight is 802 g/mol. The molecule has 0 aliphatic heterocycles. The maximum Gasteiger partial charge on any atom is 0.189 e. The molecular weight excluding hydrogens is 767 g/mol. The Morgan fingerprint density at radius 3 is 1.79 bits per heavy atom. The van der Waals surface area contributed by atoms with Crippen LogP contribution in [0.25, 0.3) is 109 Å². The minimum atomic E-state index is 0.619.